The topological polar surface area (TPSA) is 29.5 Å². The van der Waals surface area contributed by atoms with Gasteiger partial charge >= 0.3 is 0 Å². The molecule has 1 aliphatic heterocycles. The highest BCUT2D eigenvalue weighted by molar-refractivity contribution is 7.10. The fourth-order valence-corrected chi connectivity index (χ4v) is 2.26. The molecule has 1 aromatic rings. The standard InChI is InChI=1S/C9H12O2S/c1-7-4-8(5-12-7)9(10)2-3-11-6-9/h4-5,10H,2-3,6H2,1H3. The number of rotatable bonds is 1. The minimum Gasteiger partial charge on any atom is -0.383 e. The molecule has 0 spiro atoms. The van der Waals surface area contributed by atoms with E-state index in [4.69, 9.17) is 4.74 Å². The van der Waals surface area contributed by atoms with Crippen LogP contribution in [0.2, 0.25) is 0 Å². The van der Waals surface area contributed by atoms with Gasteiger partial charge < -0.3 is 9.84 Å². The third-order valence-corrected chi connectivity index (χ3v) is 3.13. The van der Waals surface area contributed by atoms with Gasteiger partial charge in [-0.1, -0.05) is 0 Å². The van der Waals surface area contributed by atoms with Gasteiger partial charge in [0, 0.05) is 17.9 Å². The molecule has 0 aromatic carbocycles. The number of thiophene rings is 1. The van der Waals surface area contributed by atoms with Gasteiger partial charge in [0.2, 0.25) is 0 Å². The maximum atomic E-state index is 10.1. The third-order valence-electron chi connectivity index (χ3n) is 2.27. The molecular weight excluding hydrogens is 172 g/mol. The van der Waals surface area contributed by atoms with Crippen molar-refractivity contribution in [3.8, 4) is 0 Å². The zero-order valence-electron chi connectivity index (χ0n) is 7.04. The molecule has 1 unspecified atom stereocenters. The largest absolute Gasteiger partial charge is 0.383 e. The van der Waals surface area contributed by atoms with Gasteiger partial charge in [-0.05, 0) is 23.9 Å². The van der Waals surface area contributed by atoms with Crippen molar-refractivity contribution in [3.05, 3.63) is 21.9 Å². The predicted molar refractivity (Wildman–Crippen MR) is 48.4 cm³/mol. The molecule has 66 valence electrons. The van der Waals surface area contributed by atoms with Crippen LogP contribution in [0.5, 0.6) is 0 Å². The van der Waals surface area contributed by atoms with Crippen LogP contribution in [-0.4, -0.2) is 18.3 Å². The number of hydrogen-bond donors (Lipinski definition) is 1. The molecule has 0 aliphatic carbocycles. The Morgan fingerprint density at radius 2 is 2.50 bits per heavy atom. The van der Waals surface area contributed by atoms with E-state index in [0.717, 1.165) is 12.0 Å². The lowest BCUT2D eigenvalue weighted by Gasteiger charge is -2.18. The average molecular weight is 184 g/mol. The Labute approximate surface area is 75.8 Å². The van der Waals surface area contributed by atoms with Crippen LogP contribution >= 0.6 is 11.3 Å². The van der Waals surface area contributed by atoms with Gasteiger partial charge in [-0.25, -0.2) is 0 Å². The molecule has 0 amide bonds. The Hall–Kier alpha value is -0.380. The molecule has 3 heteroatoms. The summed E-state index contributed by atoms with van der Waals surface area (Å²) < 4.78 is 5.18. The van der Waals surface area contributed by atoms with Crippen molar-refractivity contribution in [2.24, 2.45) is 0 Å². The number of aliphatic hydroxyl groups is 1. The van der Waals surface area contributed by atoms with E-state index < -0.39 is 5.60 Å². The molecule has 2 nitrogen and oxygen atoms in total. The van der Waals surface area contributed by atoms with E-state index in [1.165, 1.54) is 4.88 Å². The SMILES string of the molecule is Cc1cc(C2(O)CCOC2)cs1. The molecule has 1 aromatic heterocycles. The number of hydrogen-bond acceptors (Lipinski definition) is 3. The lowest BCUT2D eigenvalue weighted by molar-refractivity contribution is 0.0235. The highest BCUT2D eigenvalue weighted by atomic mass is 32.1. The maximum absolute atomic E-state index is 10.1. The highest BCUT2D eigenvalue weighted by Gasteiger charge is 2.34. The summed E-state index contributed by atoms with van der Waals surface area (Å²) in [6, 6.07) is 2.04. The molecule has 1 fully saturated rings. The summed E-state index contributed by atoms with van der Waals surface area (Å²) in [6.45, 7) is 3.17. The molecule has 12 heavy (non-hydrogen) atoms. The molecule has 1 aliphatic rings. The van der Waals surface area contributed by atoms with Gasteiger partial charge in [-0.3, -0.25) is 0 Å². The number of aryl methyl sites for hydroxylation is 1. The van der Waals surface area contributed by atoms with E-state index in [2.05, 4.69) is 0 Å². The highest BCUT2D eigenvalue weighted by Crippen LogP contribution is 2.32. The average Bonchev–Trinajstić information content (AvgIpc) is 2.59. The van der Waals surface area contributed by atoms with Crippen molar-refractivity contribution < 1.29 is 9.84 Å². The Morgan fingerprint density at radius 3 is 3.00 bits per heavy atom. The monoisotopic (exact) mass is 184 g/mol. The molecule has 0 radical (unpaired) electrons. The Morgan fingerprint density at radius 1 is 1.67 bits per heavy atom. The summed E-state index contributed by atoms with van der Waals surface area (Å²) in [5.41, 5.74) is 0.313. The van der Waals surface area contributed by atoms with Gasteiger partial charge in [0.15, 0.2) is 0 Å². The molecule has 1 saturated heterocycles. The minimum absolute atomic E-state index is 0.448. The first-order chi connectivity index (χ1) is 5.71. The zero-order chi connectivity index (χ0) is 8.60. The lowest BCUT2D eigenvalue weighted by atomic mass is 9.96. The molecule has 2 heterocycles. The summed E-state index contributed by atoms with van der Waals surface area (Å²) >= 11 is 1.67. The zero-order valence-corrected chi connectivity index (χ0v) is 7.86. The van der Waals surface area contributed by atoms with Gasteiger partial charge in [0.1, 0.15) is 5.60 Å². The minimum atomic E-state index is -0.704. The van der Waals surface area contributed by atoms with E-state index in [-0.39, 0.29) is 0 Å². The van der Waals surface area contributed by atoms with E-state index in [9.17, 15) is 5.11 Å². The molecule has 1 N–H and O–H groups in total. The Kier molecular flexibility index (Phi) is 1.94. The summed E-state index contributed by atoms with van der Waals surface area (Å²) in [4.78, 5) is 1.24. The second kappa shape index (κ2) is 2.83. The summed E-state index contributed by atoms with van der Waals surface area (Å²) in [7, 11) is 0. The molecule has 0 bridgehead atoms. The normalized spacial score (nSPS) is 29.5. The van der Waals surface area contributed by atoms with Gasteiger partial charge in [0.05, 0.1) is 6.61 Å². The molecule has 1 atom stereocenters. The van der Waals surface area contributed by atoms with Crippen molar-refractivity contribution in [3.63, 3.8) is 0 Å². The van der Waals surface area contributed by atoms with Crippen LogP contribution in [0.3, 0.4) is 0 Å². The van der Waals surface area contributed by atoms with Gasteiger partial charge in [-0.2, -0.15) is 0 Å². The number of ether oxygens (including phenoxy) is 1. The fraction of sp³-hybridized carbons (Fsp3) is 0.556. The van der Waals surface area contributed by atoms with E-state index >= 15 is 0 Å². The second-order valence-electron chi connectivity index (χ2n) is 3.28. The van der Waals surface area contributed by atoms with Crippen LogP contribution in [0.25, 0.3) is 0 Å². The lowest BCUT2D eigenvalue weighted by Crippen LogP contribution is -2.24. The first-order valence-electron chi connectivity index (χ1n) is 4.06. The Balaban J connectivity index is 2.28. The molecule has 2 rings (SSSR count). The molecule has 0 saturated carbocycles. The smallest absolute Gasteiger partial charge is 0.116 e. The predicted octanol–water partition coefficient (Wildman–Crippen LogP) is 1.66. The second-order valence-corrected chi connectivity index (χ2v) is 4.40. The van der Waals surface area contributed by atoms with E-state index in [0.29, 0.717) is 13.2 Å². The van der Waals surface area contributed by atoms with Crippen LogP contribution in [0.15, 0.2) is 11.4 Å². The van der Waals surface area contributed by atoms with Crippen LogP contribution < -0.4 is 0 Å². The fourth-order valence-electron chi connectivity index (χ4n) is 1.47. The quantitative estimate of drug-likeness (QED) is 0.719. The van der Waals surface area contributed by atoms with E-state index in [1.807, 2.05) is 18.4 Å². The van der Waals surface area contributed by atoms with Crippen LogP contribution in [0.4, 0.5) is 0 Å². The van der Waals surface area contributed by atoms with Crippen molar-refractivity contribution in [1.82, 2.24) is 0 Å². The van der Waals surface area contributed by atoms with Gasteiger partial charge in [0.25, 0.3) is 0 Å². The van der Waals surface area contributed by atoms with Crippen LogP contribution in [-0.2, 0) is 10.3 Å². The molecular formula is C9H12O2S. The van der Waals surface area contributed by atoms with Crippen molar-refractivity contribution in [1.29, 1.82) is 0 Å². The van der Waals surface area contributed by atoms with Gasteiger partial charge in [-0.15, -0.1) is 11.3 Å². The van der Waals surface area contributed by atoms with Crippen LogP contribution in [0, 0.1) is 6.92 Å². The Bertz CT molecular complexity index is 274. The maximum Gasteiger partial charge on any atom is 0.116 e. The summed E-state index contributed by atoms with van der Waals surface area (Å²) in [5.74, 6) is 0. The summed E-state index contributed by atoms with van der Waals surface area (Å²) in [6.07, 6.45) is 0.725. The summed E-state index contributed by atoms with van der Waals surface area (Å²) in [5, 5.41) is 12.1. The van der Waals surface area contributed by atoms with Crippen molar-refractivity contribution >= 4 is 11.3 Å². The van der Waals surface area contributed by atoms with Crippen LogP contribution in [0.1, 0.15) is 16.9 Å². The first kappa shape index (κ1) is 8.23. The third kappa shape index (κ3) is 1.28. The van der Waals surface area contributed by atoms with Crippen molar-refractivity contribution in [2.45, 2.75) is 18.9 Å². The van der Waals surface area contributed by atoms with Crippen molar-refractivity contribution in [2.75, 3.05) is 13.2 Å². The first-order valence-corrected chi connectivity index (χ1v) is 4.94. The van der Waals surface area contributed by atoms with E-state index in [1.54, 1.807) is 11.3 Å².